The van der Waals surface area contributed by atoms with Gasteiger partial charge in [-0.25, -0.2) is 14.4 Å². The third-order valence-electron chi connectivity index (χ3n) is 4.57. The second-order valence-electron chi connectivity index (χ2n) is 6.86. The number of amides is 1. The fourth-order valence-electron chi connectivity index (χ4n) is 3.09. The maximum atomic E-state index is 12.7. The number of non-ortho nitro benzene ring substituents is 1. The number of nitro groups is 1. The lowest BCUT2D eigenvalue weighted by atomic mass is 10.1. The van der Waals surface area contributed by atoms with Crippen molar-refractivity contribution >= 4 is 40.1 Å². The summed E-state index contributed by atoms with van der Waals surface area (Å²) in [5.74, 6) is -0.869. The van der Waals surface area contributed by atoms with E-state index >= 15 is 0 Å². The van der Waals surface area contributed by atoms with Gasteiger partial charge in [-0.15, -0.1) is 0 Å². The number of fused-ring (bicyclic) bond motifs is 1. The van der Waals surface area contributed by atoms with Crippen molar-refractivity contribution < 1.29 is 33.5 Å². The highest BCUT2D eigenvalue weighted by Gasteiger charge is 2.19. The number of aliphatic hydroxyl groups is 1. The summed E-state index contributed by atoms with van der Waals surface area (Å²) < 4.78 is 15.3. The first kappa shape index (κ1) is 24.2. The van der Waals surface area contributed by atoms with Crippen LogP contribution in [0.25, 0.3) is 11.0 Å². The van der Waals surface area contributed by atoms with Crippen LogP contribution in [0.4, 0.5) is 21.9 Å². The molecule has 3 aromatic rings. The zero-order chi connectivity index (χ0) is 24.7. The van der Waals surface area contributed by atoms with E-state index in [0.717, 1.165) is 12.1 Å². The molecule has 0 unspecified atom stereocenters. The molecule has 0 aliphatic heterocycles. The van der Waals surface area contributed by atoms with Crippen LogP contribution < -0.4 is 16.3 Å². The molecule has 0 aliphatic rings. The Morgan fingerprint density at radius 1 is 1.15 bits per heavy atom. The third-order valence-corrected chi connectivity index (χ3v) is 4.57. The van der Waals surface area contributed by atoms with Crippen molar-refractivity contribution in [2.45, 2.75) is 13.5 Å². The van der Waals surface area contributed by atoms with E-state index in [4.69, 9.17) is 19.0 Å². The van der Waals surface area contributed by atoms with Gasteiger partial charge >= 0.3 is 17.7 Å². The Bertz CT molecular complexity index is 1290. The lowest BCUT2D eigenvalue weighted by Gasteiger charge is -2.12. The molecule has 0 radical (unpaired) electrons. The molecule has 3 rings (SSSR count). The molecule has 0 spiro atoms. The van der Waals surface area contributed by atoms with Crippen LogP contribution in [-0.2, 0) is 16.1 Å². The number of hydrogen-bond donors (Lipinski definition) is 3. The molecule has 2 aromatic carbocycles. The number of nitrogens with one attached hydrogen (secondary N) is 2. The molecule has 3 N–H and O–H groups in total. The summed E-state index contributed by atoms with van der Waals surface area (Å²) in [7, 11) is 0. The van der Waals surface area contributed by atoms with E-state index in [0.29, 0.717) is 16.6 Å². The number of carbonyl (C=O) groups is 2. The van der Waals surface area contributed by atoms with Crippen LogP contribution >= 0.6 is 0 Å². The smallest absolute Gasteiger partial charge is 0.411 e. The summed E-state index contributed by atoms with van der Waals surface area (Å²) in [6.45, 7) is 1.42. The third kappa shape index (κ3) is 5.86. The van der Waals surface area contributed by atoms with Gasteiger partial charge in [0.25, 0.3) is 5.69 Å². The van der Waals surface area contributed by atoms with E-state index in [-0.39, 0.29) is 48.9 Å². The minimum atomic E-state index is -0.869. The van der Waals surface area contributed by atoms with Crippen LogP contribution in [-0.4, -0.2) is 41.9 Å². The SMILES string of the molecule is CCOC(=O)Nc1ccc2c(COC(=O)c3cc([N+](=O)[O-])ccc3NCCO)cc(=O)oc2c1. The summed E-state index contributed by atoms with van der Waals surface area (Å²) in [5, 5.41) is 25.9. The van der Waals surface area contributed by atoms with Crippen molar-refractivity contribution in [1.82, 2.24) is 0 Å². The molecular weight excluding hydrogens is 450 g/mol. The molecule has 178 valence electrons. The molecule has 0 fully saturated rings. The first-order valence-electron chi connectivity index (χ1n) is 10.1. The lowest BCUT2D eigenvalue weighted by molar-refractivity contribution is -0.384. The highest BCUT2D eigenvalue weighted by Crippen LogP contribution is 2.25. The first-order valence-corrected chi connectivity index (χ1v) is 10.1. The topological polar surface area (TPSA) is 170 Å². The van der Waals surface area contributed by atoms with E-state index in [1.807, 2.05) is 0 Å². The molecular formula is C22H21N3O9. The molecule has 0 saturated carbocycles. The highest BCUT2D eigenvalue weighted by molar-refractivity contribution is 5.96. The van der Waals surface area contributed by atoms with Gasteiger partial charge in [-0.2, -0.15) is 0 Å². The van der Waals surface area contributed by atoms with Crippen LogP contribution in [0.15, 0.2) is 51.7 Å². The zero-order valence-electron chi connectivity index (χ0n) is 18.0. The molecule has 0 saturated heterocycles. The van der Waals surface area contributed by atoms with Crippen LogP contribution in [0.3, 0.4) is 0 Å². The van der Waals surface area contributed by atoms with E-state index in [9.17, 15) is 24.5 Å². The Morgan fingerprint density at radius 3 is 2.65 bits per heavy atom. The van der Waals surface area contributed by atoms with Gasteiger partial charge in [-0.3, -0.25) is 15.4 Å². The number of nitrogens with zero attached hydrogens (tertiary/aromatic N) is 1. The normalized spacial score (nSPS) is 10.5. The fourth-order valence-corrected chi connectivity index (χ4v) is 3.09. The number of ether oxygens (including phenoxy) is 2. The minimum absolute atomic E-state index is 0.101. The predicted molar refractivity (Wildman–Crippen MR) is 121 cm³/mol. The Hall–Kier alpha value is -4.45. The van der Waals surface area contributed by atoms with Crippen molar-refractivity contribution in [3.8, 4) is 0 Å². The standard InChI is InChI=1S/C22H21N3O9/c1-2-32-22(29)24-14-3-5-16-13(9-20(27)34-19(16)10-14)12-33-21(28)17-11-15(25(30)31)4-6-18(17)23-7-8-26/h3-6,9-11,23,26H,2,7-8,12H2,1H3,(H,24,29). The van der Waals surface area contributed by atoms with Gasteiger partial charge in [-0.05, 0) is 25.1 Å². The van der Waals surface area contributed by atoms with Gasteiger partial charge in [0.05, 0.1) is 23.7 Å². The summed E-state index contributed by atoms with van der Waals surface area (Å²) >= 11 is 0. The summed E-state index contributed by atoms with van der Waals surface area (Å²) in [6, 6.07) is 9.34. The Labute approximate surface area is 192 Å². The van der Waals surface area contributed by atoms with Gasteiger partial charge < -0.3 is 24.3 Å². The number of esters is 1. The highest BCUT2D eigenvalue weighted by atomic mass is 16.6. The average molecular weight is 471 g/mol. The van der Waals surface area contributed by atoms with Gasteiger partial charge in [0.1, 0.15) is 12.2 Å². The van der Waals surface area contributed by atoms with Crippen molar-refractivity contribution in [3.05, 3.63) is 74.1 Å². The average Bonchev–Trinajstić information content (AvgIpc) is 2.80. The van der Waals surface area contributed by atoms with Gasteiger partial charge in [0.2, 0.25) is 0 Å². The van der Waals surface area contributed by atoms with Crippen LogP contribution in [0.1, 0.15) is 22.8 Å². The molecule has 12 heteroatoms. The molecule has 12 nitrogen and oxygen atoms in total. The lowest BCUT2D eigenvalue weighted by Crippen LogP contribution is -2.14. The molecule has 1 heterocycles. The summed E-state index contributed by atoms with van der Waals surface area (Å²) in [4.78, 5) is 46.8. The van der Waals surface area contributed by atoms with Crippen molar-refractivity contribution in [2.24, 2.45) is 0 Å². The molecule has 0 atom stereocenters. The molecule has 1 amide bonds. The summed E-state index contributed by atoms with van der Waals surface area (Å²) in [6.07, 6.45) is -0.670. The van der Waals surface area contributed by atoms with Crippen LogP contribution in [0.5, 0.6) is 0 Å². The number of benzene rings is 2. The van der Waals surface area contributed by atoms with E-state index in [1.54, 1.807) is 19.1 Å². The largest absolute Gasteiger partial charge is 0.457 e. The minimum Gasteiger partial charge on any atom is -0.457 e. The van der Waals surface area contributed by atoms with Crippen molar-refractivity contribution in [2.75, 3.05) is 30.4 Å². The Kier molecular flexibility index (Phi) is 7.77. The van der Waals surface area contributed by atoms with Crippen LogP contribution in [0, 0.1) is 10.1 Å². The number of carbonyl (C=O) groups excluding carboxylic acids is 2. The van der Waals surface area contributed by atoms with Gasteiger partial charge in [0, 0.05) is 53.1 Å². The molecule has 1 aromatic heterocycles. The monoisotopic (exact) mass is 471 g/mol. The summed E-state index contributed by atoms with van der Waals surface area (Å²) in [5.41, 5.74) is -0.0560. The van der Waals surface area contributed by atoms with Gasteiger partial charge in [-0.1, -0.05) is 0 Å². The number of anilines is 2. The number of aliphatic hydroxyl groups excluding tert-OH is 1. The van der Waals surface area contributed by atoms with Crippen LogP contribution in [0.2, 0.25) is 0 Å². The zero-order valence-corrected chi connectivity index (χ0v) is 18.0. The first-order chi connectivity index (χ1) is 16.3. The number of hydrogen-bond acceptors (Lipinski definition) is 10. The predicted octanol–water partition coefficient (Wildman–Crippen LogP) is 3.03. The Balaban J connectivity index is 1.85. The van der Waals surface area contributed by atoms with E-state index in [2.05, 4.69) is 10.6 Å². The maximum absolute atomic E-state index is 12.7. The van der Waals surface area contributed by atoms with E-state index in [1.165, 1.54) is 18.2 Å². The van der Waals surface area contributed by atoms with E-state index < -0.39 is 22.6 Å². The molecule has 0 aliphatic carbocycles. The second-order valence-corrected chi connectivity index (χ2v) is 6.86. The molecule has 34 heavy (non-hydrogen) atoms. The molecule has 0 bridgehead atoms. The van der Waals surface area contributed by atoms with Crippen molar-refractivity contribution in [1.29, 1.82) is 0 Å². The number of rotatable bonds is 9. The quantitative estimate of drug-likeness (QED) is 0.182. The fraction of sp³-hybridized carbons (Fsp3) is 0.227. The number of nitro benzene ring substituents is 1. The van der Waals surface area contributed by atoms with Crippen molar-refractivity contribution in [3.63, 3.8) is 0 Å². The maximum Gasteiger partial charge on any atom is 0.411 e. The second kappa shape index (κ2) is 10.9. The Morgan fingerprint density at radius 2 is 1.94 bits per heavy atom. The van der Waals surface area contributed by atoms with Gasteiger partial charge in [0.15, 0.2) is 0 Å².